The molecular formula is C16H16Cl3NO. The molecule has 0 aliphatic heterocycles. The molecule has 21 heavy (non-hydrogen) atoms. The van der Waals surface area contributed by atoms with E-state index in [0.29, 0.717) is 27.2 Å². The number of hydrogen-bond acceptors (Lipinski definition) is 2. The Hall–Kier alpha value is -0.770. The van der Waals surface area contributed by atoms with Gasteiger partial charge in [-0.2, -0.15) is 0 Å². The molecule has 2 nitrogen and oxygen atoms in total. The summed E-state index contributed by atoms with van der Waals surface area (Å²) >= 11 is 17.9. The first-order valence-electron chi connectivity index (χ1n) is 6.59. The van der Waals surface area contributed by atoms with Crippen molar-refractivity contribution in [3.8, 4) is 0 Å². The van der Waals surface area contributed by atoms with Gasteiger partial charge in [0.2, 0.25) is 0 Å². The minimum Gasteiger partial charge on any atom is -0.387 e. The van der Waals surface area contributed by atoms with Crippen LogP contribution in [-0.2, 0) is 0 Å². The molecule has 0 saturated heterocycles. The van der Waals surface area contributed by atoms with Crippen LogP contribution < -0.4 is 5.32 Å². The van der Waals surface area contributed by atoms with Crippen molar-refractivity contribution in [1.82, 2.24) is 5.32 Å². The maximum atomic E-state index is 10.2. The largest absolute Gasteiger partial charge is 0.387 e. The Morgan fingerprint density at radius 2 is 1.62 bits per heavy atom. The molecule has 0 aliphatic carbocycles. The Bertz CT molecular complexity index is 601. The lowest BCUT2D eigenvalue weighted by Gasteiger charge is -2.18. The molecule has 112 valence electrons. The highest BCUT2D eigenvalue weighted by Gasteiger charge is 2.14. The van der Waals surface area contributed by atoms with Crippen molar-refractivity contribution in [2.75, 3.05) is 6.54 Å². The molecule has 2 aromatic rings. The first kappa shape index (κ1) is 16.6. The molecule has 0 saturated carbocycles. The van der Waals surface area contributed by atoms with E-state index in [1.807, 2.05) is 31.2 Å². The number of hydrogen-bond donors (Lipinski definition) is 2. The standard InChI is InChI=1S/C16H16Cl3NO/c1-10(11-2-4-12(17)5-3-11)20-9-16(21)14-8-13(18)6-7-15(14)19/h2-8,10,16,20-21H,9H2,1H3. The van der Waals surface area contributed by atoms with E-state index in [1.165, 1.54) is 0 Å². The van der Waals surface area contributed by atoms with Crippen LogP contribution in [0.3, 0.4) is 0 Å². The van der Waals surface area contributed by atoms with Gasteiger partial charge in [0.15, 0.2) is 0 Å². The van der Waals surface area contributed by atoms with Crippen LogP contribution >= 0.6 is 34.8 Å². The van der Waals surface area contributed by atoms with Gasteiger partial charge in [-0.1, -0.05) is 46.9 Å². The summed E-state index contributed by atoms with van der Waals surface area (Å²) in [7, 11) is 0. The van der Waals surface area contributed by atoms with Gasteiger partial charge >= 0.3 is 0 Å². The molecular weight excluding hydrogens is 329 g/mol. The van der Waals surface area contributed by atoms with Gasteiger partial charge in [-0.15, -0.1) is 0 Å². The number of benzene rings is 2. The number of rotatable bonds is 5. The van der Waals surface area contributed by atoms with E-state index in [9.17, 15) is 5.11 Å². The first-order valence-corrected chi connectivity index (χ1v) is 7.72. The SMILES string of the molecule is CC(NCC(O)c1cc(Cl)ccc1Cl)c1ccc(Cl)cc1. The van der Waals surface area contributed by atoms with Crippen molar-refractivity contribution >= 4 is 34.8 Å². The highest BCUT2D eigenvalue weighted by Crippen LogP contribution is 2.26. The zero-order valence-corrected chi connectivity index (χ0v) is 13.8. The van der Waals surface area contributed by atoms with E-state index < -0.39 is 6.10 Å². The van der Waals surface area contributed by atoms with Crippen LogP contribution in [0.4, 0.5) is 0 Å². The fourth-order valence-electron chi connectivity index (χ4n) is 2.04. The van der Waals surface area contributed by atoms with Crippen LogP contribution in [0.1, 0.15) is 30.2 Å². The van der Waals surface area contributed by atoms with Gasteiger partial charge in [0, 0.05) is 33.2 Å². The molecule has 0 heterocycles. The Balaban J connectivity index is 1.98. The van der Waals surface area contributed by atoms with Gasteiger partial charge in [0.1, 0.15) is 0 Å². The number of halogens is 3. The summed E-state index contributed by atoms with van der Waals surface area (Å²) in [4.78, 5) is 0. The molecule has 2 rings (SSSR count). The minimum atomic E-state index is -0.717. The van der Waals surface area contributed by atoms with Crippen LogP contribution in [0.15, 0.2) is 42.5 Å². The summed E-state index contributed by atoms with van der Waals surface area (Å²) in [5.74, 6) is 0. The fourth-order valence-corrected chi connectivity index (χ4v) is 2.59. The van der Waals surface area contributed by atoms with Gasteiger partial charge < -0.3 is 10.4 Å². The molecule has 0 aliphatic rings. The molecule has 0 aromatic heterocycles. The van der Waals surface area contributed by atoms with Crippen LogP contribution in [0.25, 0.3) is 0 Å². The van der Waals surface area contributed by atoms with Crippen molar-refractivity contribution in [3.05, 3.63) is 68.7 Å². The van der Waals surface area contributed by atoms with Crippen LogP contribution in [0, 0.1) is 0 Å². The van der Waals surface area contributed by atoms with E-state index in [4.69, 9.17) is 34.8 Å². The van der Waals surface area contributed by atoms with E-state index in [0.717, 1.165) is 5.56 Å². The lowest BCUT2D eigenvalue weighted by Crippen LogP contribution is -2.24. The highest BCUT2D eigenvalue weighted by atomic mass is 35.5. The molecule has 0 bridgehead atoms. The molecule has 0 spiro atoms. The van der Waals surface area contributed by atoms with Crippen LogP contribution in [0.2, 0.25) is 15.1 Å². The van der Waals surface area contributed by atoms with E-state index in [2.05, 4.69) is 5.32 Å². The lowest BCUT2D eigenvalue weighted by atomic mass is 10.1. The van der Waals surface area contributed by atoms with Gasteiger partial charge in [-0.05, 0) is 42.8 Å². The zero-order valence-electron chi connectivity index (χ0n) is 11.5. The zero-order chi connectivity index (χ0) is 15.4. The summed E-state index contributed by atoms with van der Waals surface area (Å²) < 4.78 is 0. The van der Waals surface area contributed by atoms with Crippen molar-refractivity contribution < 1.29 is 5.11 Å². The maximum absolute atomic E-state index is 10.2. The Kier molecular flexibility index (Phi) is 5.91. The topological polar surface area (TPSA) is 32.3 Å². The van der Waals surface area contributed by atoms with E-state index in [-0.39, 0.29) is 6.04 Å². The molecule has 2 unspecified atom stereocenters. The van der Waals surface area contributed by atoms with Gasteiger partial charge in [0.05, 0.1) is 6.10 Å². The van der Waals surface area contributed by atoms with Crippen molar-refractivity contribution in [1.29, 1.82) is 0 Å². The molecule has 0 radical (unpaired) electrons. The first-order chi connectivity index (χ1) is 9.97. The van der Waals surface area contributed by atoms with Gasteiger partial charge in [-0.3, -0.25) is 0 Å². The smallest absolute Gasteiger partial charge is 0.0929 e. The number of aliphatic hydroxyl groups is 1. The quantitative estimate of drug-likeness (QED) is 0.797. The molecule has 2 N–H and O–H groups in total. The monoisotopic (exact) mass is 343 g/mol. The maximum Gasteiger partial charge on any atom is 0.0929 e. The third kappa shape index (κ3) is 4.60. The Morgan fingerprint density at radius 1 is 1.00 bits per heavy atom. The molecule has 0 amide bonds. The summed E-state index contributed by atoms with van der Waals surface area (Å²) in [6, 6.07) is 12.8. The second-order valence-electron chi connectivity index (χ2n) is 4.86. The van der Waals surface area contributed by atoms with Crippen LogP contribution in [0.5, 0.6) is 0 Å². The summed E-state index contributed by atoms with van der Waals surface area (Å²) in [6.45, 7) is 2.40. The predicted octanol–water partition coefficient (Wildman–Crippen LogP) is 5.03. The number of nitrogens with one attached hydrogen (secondary N) is 1. The van der Waals surface area contributed by atoms with Gasteiger partial charge in [-0.25, -0.2) is 0 Å². The average Bonchev–Trinajstić information content (AvgIpc) is 2.47. The highest BCUT2D eigenvalue weighted by molar-refractivity contribution is 6.33. The lowest BCUT2D eigenvalue weighted by molar-refractivity contribution is 0.171. The second-order valence-corrected chi connectivity index (χ2v) is 6.14. The van der Waals surface area contributed by atoms with Crippen molar-refractivity contribution in [2.24, 2.45) is 0 Å². The predicted molar refractivity (Wildman–Crippen MR) is 89.3 cm³/mol. The summed E-state index contributed by atoms with van der Waals surface area (Å²) in [6.07, 6.45) is -0.717. The fraction of sp³-hybridized carbons (Fsp3) is 0.250. The Labute approximate surface area is 139 Å². The molecule has 5 heteroatoms. The van der Waals surface area contributed by atoms with E-state index >= 15 is 0 Å². The summed E-state index contributed by atoms with van der Waals surface area (Å²) in [5, 5.41) is 15.3. The van der Waals surface area contributed by atoms with Gasteiger partial charge in [0.25, 0.3) is 0 Å². The van der Waals surface area contributed by atoms with Crippen LogP contribution in [-0.4, -0.2) is 11.7 Å². The van der Waals surface area contributed by atoms with Crippen molar-refractivity contribution in [3.63, 3.8) is 0 Å². The minimum absolute atomic E-state index is 0.0925. The normalized spacial score (nSPS) is 14.0. The molecule has 0 fully saturated rings. The number of aliphatic hydroxyl groups excluding tert-OH is 1. The summed E-state index contributed by atoms with van der Waals surface area (Å²) in [5.41, 5.74) is 1.73. The Morgan fingerprint density at radius 3 is 2.29 bits per heavy atom. The second kappa shape index (κ2) is 7.48. The van der Waals surface area contributed by atoms with Crippen molar-refractivity contribution in [2.45, 2.75) is 19.1 Å². The third-order valence-electron chi connectivity index (χ3n) is 3.30. The van der Waals surface area contributed by atoms with E-state index in [1.54, 1.807) is 18.2 Å². The molecule has 2 atom stereocenters. The molecule has 2 aromatic carbocycles. The average molecular weight is 345 g/mol. The third-order valence-corrected chi connectivity index (χ3v) is 4.14.